The van der Waals surface area contributed by atoms with Crippen LogP contribution in [-0.4, -0.2) is 53.7 Å². The number of rotatable bonds is 5. The van der Waals surface area contributed by atoms with Crippen LogP contribution < -0.4 is 5.73 Å². The highest BCUT2D eigenvalue weighted by atomic mass is 16.5. The van der Waals surface area contributed by atoms with Crippen molar-refractivity contribution in [1.82, 2.24) is 19.9 Å². The quantitative estimate of drug-likeness (QED) is 0.869. The van der Waals surface area contributed by atoms with Crippen LogP contribution in [0.1, 0.15) is 38.4 Å². The molecule has 2 N–H and O–H groups in total. The molecule has 0 spiro atoms. The number of hydrogen-bond donors (Lipinski definition) is 1. The molecule has 0 amide bonds. The fourth-order valence-electron chi connectivity index (χ4n) is 2.62. The molecule has 0 aromatic carbocycles. The molecule has 1 fully saturated rings. The number of nitrogens with two attached hydrogens (primary N) is 1. The van der Waals surface area contributed by atoms with E-state index in [0.717, 1.165) is 25.6 Å². The lowest BCUT2D eigenvalue weighted by Crippen LogP contribution is -2.36. The summed E-state index contributed by atoms with van der Waals surface area (Å²) in [4.78, 5) is 9.04. The molecule has 1 aliphatic heterocycles. The van der Waals surface area contributed by atoms with Gasteiger partial charge in [0, 0.05) is 6.54 Å². The van der Waals surface area contributed by atoms with Crippen molar-refractivity contribution in [2.24, 2.45) is 11.7 Å². The maximum absolute atomic E-state index is 5.96. The molecule has 0 bridgehead atoms. The molecular formula is C14H27N5O. The maximum Gasteiger partial charge on any atom is 0.240 e. The number of aromatic nitrogens is 2. The molecule has 0 atom stereocenters. The lowest BCUT2D eigenvalue weighted by atomic mass is 9.96. The van der Waals surface area contributed by atoms with Gasteiger partial charge >= 0.3 is 0 Å². The SMILES string of the molecule is CN(C)CC1CCN(Cc2nc(C(C)(C)N)no2)CC1. The highest BCUT2D eigenvalue weighted by Gasteiger charge is 2.24. The Morgan fingerprint density at radius 1 is 1.35 bits per heavy atom. The van der Waals surface area contributed by atoms with Crippen LogP contribution in [-0.2, 0) is 12.1 Å². The minimum Gasteiger partial charge on any atom is -0.338 e. The molecule has 0 radical (unpaired) electrons. The zero-order chi connectivity index (χ0) is 14.8. The maximum atomic E-state index is 5.96. The van der Waals surface area contributed by atoms with E-state index in [0.29, 0.717) is 11.7 Å². The first-order chi connectivity index (χ1) is 9.34. The van der Waals surface area contributed by atoms with Gasteiger partial charge in [-0.25, -0.2) is 0 Å². The first kappa shape index (κ1) is 15.4. The first-order valence-electron chi connectivity index (χ1n) is 7.33. The van der Waals surface area contributed by atoms with Gasteiger partial charge in [0.15, 0.2) is 5.82 Å². The number of likely N-dealkylation sites (tertiary alicyclic amines) is 1. The van der Waals surface area contributed by atoms with Crippen molar-refractivity contribution >= 4 is 0 Å². The monoisotopic (exact) mass is 281 g/mol. The van der Waals surface area contributed by atoms with Gasteiger partial charge in [0.1, 0.15) is 0 Å². The fraction of sp³-hybridized carbons (Fsp3) is 0.857. The third kappa shape index (κ3) is 4.26. The standard InChI is InChI=1S/C14H27N5O/c1-14(2,15)13-16-12(20-17-13)10-19-7-5-11(6-8-19)9-18(3)4/h11H,5-10,15H2,1-4H3. The summed E-state index contributed by atoms with van der Waals surface area (Å²) < 4.78 is 5.29. The van der Waals surface area contributed by atoms with Crippen LogP contribution in [0.4, 0.5) is 0 Å². The van der Waals surface area contributed by atoms with Gasteiger partial charge in [-0.05, 0) is 59.8 Å². The zero-order valence-corrected chi connectivity index (χ0v) is 13.1. The second kappa shape index (κ2) is 6.20. The van der Waals surface area contributed by atoms with Gasteiger partial charge in [-0.15, -0.1) is 0 Å². The molecule has 1 aliphatic rings. The van der Waals surface area contributed by atoms with Gasteiger partial charge in [0.25, 0.3) is 0 Å². The molecule has 114 valence electrons. The molecular weight excluding hydrogens is 254 g/mol. The third-order valence-electron chi connectivity index (χ3n) is 3.73. The van der Waals surface area contributed by atoms with Crippen LogP contribution in [0.5, 0.6) is 0 Å². The lowest BCUT2D eigenvalue weighted by molar-refractivity contribution is 0.143. The van der Waals surface area contributed by atoms with Crippen molar-refractivity contribution in [3.05, 3.63) is 11.7 Å². The van der Waals surface area contributed by atoms with Gasteiger partial charge in [0.05, 0.1) is 12.1 Å². The summed E-state index contributed by atoms with van der Waals surface area (Å²) in [5, 5.41) is 3.96. The van der Waals surface area contributed by atoms with E-state index < -0.39 is 5.54 Å². The summed E-state index contributed by atoms with van der Waals surface area (Å²) in [5.41, 5.74) is 5.42. The van der Waals surface area contributed by atoms with Crippen molar-refractivity contribution in [1.29, 1.82) is 0 Å². The Kier molecular flexibility index (Phi) is 4.78. The molecule has 1 aromatic heterocycles. The summed E-state index contributed by atoms with van der Waals surface area (Å²) in [6.07, 6.45) is 2.48. The van der Waals surface area contributed by atoms with Crippen LogP contribution >= 0.6 is 0 Å². The number of nitrogens with zero attached hydrogens (tertiary/aromatic N) is 4. The Morgan fingerprint density at radius 3 is 2.50 bits per heavy atom. The predicted molar refractivity (Wildman–Crippen MR) is 78.1 cm³/mol. The molecule has 2 heterocycles. The molecule has 1 saturated heterocycles. The predicted octanol–water partition coefficient (Wildman–Crippen LogP) is 1.04. The Labute approximate surface area is 121 Å². The van der Waals surface area contributed by atoms with Gasteiger partial charge in [-0.2, -0.15) is 4.98 Å². The fourth-order valence-corrected chi connectivity index (χ4v) is 2.62. The molecule has 6 nitrogen and oxygen atoms in total. The number of hydrogen-bond acceptors (Lipinski definition) is 6. The minimum atomic E-state index is -0.541. The molecule has 1 aromatic rings. The third-order valence-corrected chi connectivity index (χ3v) is 3.73. The highest BCUT2D eigenvalue weighted by Crippen LogP contribution is 2.20. The Hall–Kier alpha value is -0.980. The minimum absolute atomic E-state index is 0.541. The molecule has 0 aliphatic carbocycles. The molecule has 20 heavy (non-hydrogen) atoms. The van der Waals surface area contributed by atoms with Gasteiger partial charge < -0.3 is 15.2 Å². The lowest BCUT2D eigenvalue weighted by Gasteiger charge is -2.32. The topological polar surface area (TPSA) is 71.4 Å². The van der Waals surface area contributed by atoms with E-state index in [9.17, 15) is 0 Å². The normalized spacial score (nSPS) is 18.9. The van der Waals surface area contributed by atoms with Crippen molar-refractivity contribution in [3.8, 4) is 0 Å². The highest BCUT2D eigenvalue weighted by molar-refractivity contribution is 4.99. The van der Waals surface area contributed by atoms with E-state index in [2.05, 4.69) is 34.0 Å². The average Bonchev–Trinajstić information content (AvgIpc) is 2.79. The summed E-state index contributed by atoms with van der Waals surface area (Å²) >= 11 is 0. The zero-order valence-electron chi connectivity index (χ0n) is 13.1. The second-order valence-electron chi connectivity index (χ2n) is 6.72. The van der Waals surface area contributed by atoms with Crippen molar-refractivity contribution < 1.29 is 4.52 Å². The van der Waals surface area contributed by atoms with Crippen molar-refractivity contribution in [3.63, 3.8) is 0 Å². The summed E-state index contributed by atoms with van der Waals surface area (Å²) in [7, 11) is 4.28. The van der Waals surface area contributed by atoms with E-state index in [1.54, 1.807) is 0 Å². The molecule has 0 saturated carbocycles. The van der Waals surface area contributed by atoms with E-state index in [1.165, 1.54) is 19.4 Å². The van der Waals surface area contributed by atoms with Crippen LogP contribution in [0, 0.1) is 5.92 Å². The van der Waals surface area contributed by atoms with Crippen molar-refractivity contribution in [2.75, 3.05) is 33.7 Å². The van der Waals surface area contributed by atoms with Crippen LogP contribution in [0.15, 0.2) is 4.52 Å². The molecule has 2 rings (SSSR count). The Morgan fingerprint density at radius 2 is 2.00 bits per heavy atom. The van der Waals surface area contributed by atoms with E-state index in [-0.39, 0.29) is 0 Å². The largest absolute Gasteiger partial charge is 0.338 e. The first-order valence-corrected chi connectivity index (χ1v) is 7.33. The van der Waals surface area contributed by atoms with Crippen LogP contribution in [0.25, 0.3) is 0 Å². The summed E-state index contributed by atoms with van der Waals surface area (Å²) in [5.74, 6) is 2.06. The average molecular weight is 281 g/mol. The van der Waals surface area contributed by atoms with E-state index >= 15 is 0 Å². The molecule has 6 heteroatoms. The summed E-state index contributed by atoms with van der Waals surface area (Å²) in [6, 6.07) is 0. The van der Waals surface area contributed by atoms with Gasteiger partial charge in [-0.1, -0.05) is 5.16 Å². The van der Waals surface area contributed by atoms with E-state index in [4.69, 9.17) is 10.3 Å². The Balaban J connectivity index is 1.82. The Bertz CT molecular complexity index is 415. The summed E-state index contributed by atoms with van der Waals surface area (Å²) in [6.45, 7) is 7.88. The molecule has 0 unspecified atom stereocenters. The van der Waals surface area contributed by atoms with Crippen LogP contribution in [0.3, 0.4) is 0 Å². The van der Waals surface area contributed by atoms with Crippen LogP contribution in [0.2, 0.25) is 0 Å². The number of piperidine rings is 1. The van der Waals surface area contributed by atoms with Crippen molar-refractivity contribution in [2.45, 2.75) is 38.8 Å². The smallest absolute Gasteiger partial charge is 0.240 e. The van der Waals surface area contributed by atoms with Gasteiger partial charge in [-0.3, -0.25) is 4.90 Å². The van der Waals surface area contributed by atoms with Gasteiger partial charge in [0.2, 0.25) is 5.89 Å². The van der Waals surface area contributed by atoms with E-state index in [1.807, 2.05) is 13.8 Å². The second-order valence-corrected chi connectivity index (χ2v) is 6.72.